The van der Waals surface area contributed by atoms with Gasteiger partial charge in [-0.25, -0.2) is 14.8 Å². The van der Waals surface area contributed by atoms with Gasteiger partial charge in [-0.15, -0.1) is 11.3 Å². The molecule has 6 rings (SSSR count). The number of anilines is 2. The lowest BCUT2D eigenvalue weighted by atomic mass is 9.86. The van der Waals surface area contributed by atoms with E-state index in [-0.39, 0.29) is 24.0 Å². The highest BCUT2D eigenvalue weighted by atomic mass is 32.1. The van der Waals surface area contributed by atoms with Crippen LogP contribution < -0.4 is 10.1 Å². The van der Waals surface area contributed by atoms with E-state index < -0.39 is 0 Å². The monoisotopic (exact) mass is 520 g/mol. The maximum absolute atomic E-state index is 13.2. The summed E-state index contributed by atoms with van der Waals surface area (Å²) in [5, 5.41) is 4.50. The molecule has 3 aliphatic rings. The van der Waals surface area contributed by atoms with Crippen molar-refractivity contribution in [3.05, 3.63) is 40.0 Å². The van der Waals surface area contributed by atoms with E-state index in [9.17, 15) is 9.59 Å². The van der Waals surface area contributed by atoms with E-state index in [0.717, 1.165) is 51.4 Å². The second-order valence-electron chi connectivity index (χ2n) is 9.84. The van der Waals surface area contributed by atoms with Crippen LogP contribution >= 0.6 is 11.3 Å². The molecule has 2 aliphatic heterocycles. The summed E-state index contributed by atoms with van der Waals surface area (Å²) in [6.45, 7) is 1.59. The van der Waals surface area contributed by atoms with Gasteiger partial charge in [0.15, 0.2) is 0 Å². The van der Waals surface area contributed by atoms with Crippen LogP contribution in [0.2, 0.25) is 0 Å². The molecule has 37 heavy (non-hydrogen) atoms. The fraction of sp³-hybridized carbons (Fsp3) is 0.423. The Morgan fingerprint density at radius 3 is 2.84 bits per heavy atom. The van der Waals surface area contributed by atoms with Crippen LogP contribution in [0.5, 0.6) is 5.75 Å². The minimum absolute atomic E-state index is 0.0773. The molecule has 0 spiro atoms. The average Bonchev–Trinajstić information content (AvgIpc) is 3.48. The summed E-state index contributed by atoms with van der Waals surface area (Å²) in [7, 11) is 4.96. The second kappa shape index (κ2) is 9.29. The summed E-state index contributed by atoms with van der Waals surface area (Å²) >= 11 is 1.64. The average molecular weight is 521 g/mol. The van der Waals surface area contributed by atoms with E-state index in [1.165, 1.54) is 15.3 Å². The number of aromatic nitrogens is 2. The van der Waals surface area contributed by atoms with Gasteiger partial charge in [0.2, 0.25) is 5.91 Å². The fourth-order valence-corrected chi connectivity index (χ4v) is 6.41. The number of rotatable bonds is 5. The minimum Gasteiger partial charge on any atom is -0.495 e. The van der Waals surface area contributed by atoms with Gasteiger partial charge in [-0.3, -0.25) is 9.79 Å². The number of carbonyl (C=O) groups excluding carboxylic acids is 2. The van der Waals surface area contributed by atoms with Crippen LogP contribution in [0.3, 0.4) is 0 Å². The summed E-state index contributed by atoms with van der Waals surface area (Å²) in [6, 6.07) is 4.06. The fourth-order valence-electron chi connectivity index (χ4n) is 5.15. The number of hydrogen-bond acceptors (Lipinski definition) is 9. The predicted octanol–water partition coefficient (Wildman–Crippen LogP) is 3.39. The van der Waals surface area contributed by atoms with Gasteiger partial charge in [-0.1, -0.05) is 0 Å². The molecule has 0 radical (unpaired) electrons. The third kappa shape index (κ3) is 4.26. The first kappa shape index (κ1) is 23.7. The van der Waals surface area contributed by atoms with Crippen molar-refractivity contribution in [2.45, 2.75) is 31.9 Å². The van der Waals surface area contributed by atoms with Crippen LogP contribution in [0.1, 0.15) is 28.0 Å². The molecule has 11 heteroatoms. The number of thiophene rings is 1. The number of aliphatic imine (C=N–C) groups is 1. The summed E-state index contributed by atoms with van der Waals surface area (Å²) in [5.74, 6) is 1.55. The van der Waals surface area contributed by atoms with Crippen LogP contribution in [0.15, 0.2) is 23.5 Å². The normalized spacial score (nSPS) is 18.2. The van der Waals surface area contributed by atoms with Crippen molar-refractivity contribution in [1.82, 2.24) is 19.8 Å². The topological polar surface area (TPSA) is 109 Å². The van der Waals surface area contributed by atoms with Crippen LogP contribution in [0, 0.1) is 5.92 Å². The summed E-state index contributed by atoms with van der Waals surface area (Å²) in [6.07, 6.45) is 5.09. The van der Waals surface area contributed by atoms with Gasteiger partial charge in [0.25, 0.3) is 0 Å². The lowest BCUT2D eigenvalue weighted by Crippen LogP contribution is -2.57. The van der Waals surface area contributed by atoms with Crippen LogP contribution in [0.25, 0.3) is 10.2 Å². The number of carbonyl (C=O) groups is 2. The second-order valence-corrected chi connectivity index (χ2v) is 10.9. The molecule has 4 heterocycles. The molecule has 1 aromatic carbocycles. The first-order valence-electron chi connectivity index (χ1n) is 12.3. The van der Waals surface area contributed by atoms with Gasteiger partial charge in [0.1, 0.15) is 28.8 Å². The highest BCUT2D eigenvalue weighted by molar-refractivity contribution is 7.19. The van der Waals surface area contributed by atoms with E-state index in [0.29, 0.717) is 26.1 Å². The van der Waals surface area contributed by atoms with Crippen LogP contribution in [-0.2, 0) is 28.9 Å². The molecule has 10 nitrogen and oxygen atoms in total. The molecular weight excluding hydrogens is 492 g/mol. The summed E-state index contributed by atoms with van der Waals surface area (Å²) < 4.78 is 11.0. The number of methoxy groups -OCH3 is 1. The van der Waals surface area contributed by atoms with Crippen molar-refractivity contribution in [3.8, 4) is 5.75 Å². The third-order valence-electron chi connectivity index (χ3n) is 7.19. The maximum Gasteiger partial charge on any atom is 0.409 e. The van der Waals surface area contributed by atoms with E-state index >= 15 is 0 Å². The predicted molar refractivity (Wildman–Crippen MR) is 141 cm³/mol. The molecular formula is C26H28N6O4S. The molecule has 0 saturated carbocycles. The zero-order valence-corrected chi connectivity index (χ0v) is 21.8. The Morgan fingerprint density at radius 1 is 1.22 bits per heavy atom. The molecule has 1 unspecified atom stereocenters. The highest BCUT2D eigenvalue weighted by Gasteiger charge is 2.38. The SMILES string of the molecule is COc1cc2c(cc1Nc1ncnc3sc4c(c13)CCC(C(=O)N1CC(OC(=O)N(C)C)C1)C4)C=NC2. The van der Waals surface area contributed by atoms with Crippen molar-refractivity contribution in [3.63, 3.8) is 0 Å². The van der Waals surface area contributed by atoms with Crippen molar-refractivity contribution >= 4 is 51.3 Å². The number of benzene rings is 1. The third-order valence-corrected chi connectivity index (χ3v) is 8.36. The maximum atomic E-state index is 13.2. The van der Waals surface area contributed by atoms with E-state index in [1.54, 1.807) is 43.8 Å². The molecule has 192 valence electrons. The molecule has 2 amide bonds. The van der Waals surface area contributed by atoms with Gasteiger partial charge in [0, 0.05) is 31.1 Å². The highest BCUT2D eigenvalue weighted by Crippen LogP contribution is 2.42. The Bertz CT molecular complexity index is 1430. The number of hydrogen-bond donors (Lipinski definition) is 1. The summed E-state index contributed by atoms with van der Waals surface area (Å²) in [5.41, 5.74) is 4.27. The Balaban J connectivity index is 1.20. The van der Waals surface area contributed by atoms with Crippen molar-refractivity contribution in [1.29, 1.82) is 0 Å². The number of fused-ring (bicyclic) bond motifs is 4. The Kier molecular flexibility index (Phi) is 5.94. The van der Waals surface area contributed by atoms with E-state index in [4.69, 9.17) is 9.47 Å². The quantitative estimate of drug-likeness (QED) is 0.549. The minimum atomic E-state index is -0.374. The van der Waals surface area contributed by atoms with Gasteiger partial charge < -0.3 is 24.6 Å². The van der Waals surface area contributed by atoms with E-state index in [1.807, 2.05) is 18.3 Å². The zero-order valence-electron chi connectivity index (χ0n) is 21.0. The molecule has 1 fully saturated rings. The number of nitrogens with zero attached hydrogens (tertiary/aromatic N) is 5. The molecule has 1 N–H and O–H groups in total. The van der Waals surface area contributed by atoms with Crippen molar-refractivity contribution in [2.24, 2.45) is 10.9 Å². The van der Waals surface area contributed by atoms with Gasteiger partial charge in [0.05, 0.1) is 37.8 Å². The standard InChI is InChI=1S/C26H28N6O4S/c1-31(2)26(34)36-17-11-32(12-17)25(33)14-4-5-18-21(8-14)37-24-22(18)23(28-13-29-24)30-19-6-15-9-27-10-16(15)7-20(19)35-3/h6-7,9,13-14,17H,4-5,8,10-12H2,1-3H3,(H,28,29,30). The number of ether oxygens (including phenoxy) is 2. The molecule has 3 aromatic rings. The lowest BCUT2D eigenvalue weighted by Gasteiger charge is -2.41. The Labute approximate surface area is 218 Å². The first-order chi connectivity index (χ1) is 17.9. The van der Waals surface area contributed by atoms with Crippen molar-refractivity contribution < 1.29 is 19.1 Å². The van der Waals surface area contributed by atoms with Gasteiger partial charge >= 0.3 is 6.09 Å². The molecule has 1 saturated heterocycles. The number of nitrogens with one attached hydrogen (secondary N) is 1. The molecule has 0 bridgehead atoms. The van der Waals surface area contributed by atoms with Gasteiger partial charge in [-0.2, -0.15) is 0 Å². The smallest absolute Gasteiger partial charge is 0.409 e. The molecule has 1 aliphatic carbocycles. The zero-order chi connectivity index (χ0) is 25.7. The molecule has 2 aromatic heterocycles. The lowest BCUT2D eigenvalue weighted by molar-refractivity contribution is -0.146. The Morgan fingerprint density at radius 2 is 2.05 bits per heavy atom. The van der Waals surface area contributed by atoms with E-state index in [2.05, 4.69) is 20.3 Å². The number of likely N-dealkylation sites (tertiary alicyclic amines) is 1. The largest absolute Gasteiger partial charge is 0.495 e. The van der Waals surface area contributed by atoms with Gasteiger partial charge in [-0.05, 0) is 48.1 Å². The first-order valence-corrected chi connectivity index (χ1v) is 13.1. The number of aryl methyl sites for hydroxylation is 1. The summed E-state index contributed by atoms with van der Waals surface area (Å²) in [4.78, 5) is 43.7. The number of amides is 2. The van der Waals surface area contributed by atoms with Crippen LogP contribution in [0.4, 0.5) is 16.3 Å². The van der Waals surface area contributed by atoms with Crippen LogP contribution in [-0.4, -0.2) is 78.4 Å². The molecule has 1 atom stereocenters. The Hall–Kier alpha value is -3.73. The van der Waals surface area contributed by atoms with Crippen molar-refractivity contribution in [2.75, 3.05) is 39.6 Å².